The van der Waals surface area contributed by atoms with Gasteiger partial charge in [-0.05, 0) is 18.2 Å². The molecule has 1 aromatic carbocycles. The summed E-state index contributed by atoms with van der Waals surface area (Å²) in [5, 5.41) is 8.75. The Hall–Kier alpha value is -1.07. The zero-order valence-corrected chi connectivity index (χ0v) is 9.77. The zero-order valence-electron chi connectivity index (χ0n) is 8.19. The van der Waals surface area contributed by atoms with E-state index in [0.717, 1.165) is 10.2 Å². The highest BCUT2D eigenvalue weighted by Gasteiger charge is 2.09. The van der Waals surface area contributed by atoms with Gasteiger partial charge in [0.25, 0.3) is 0 Å². The summed E-state index contributed by atoms with van der Waals surface area (Å²) in [5.41, 5.74) is 6.29. The molecule has 3 N–H and O–H groups in total. The lowest BCUT2D eigenvalue weighted by Gasteiger charge is -2.22. The number of aliphatic carboxylic acids is 1. The van der Waals surface area contributed by atoms with Crippen LogP contribution < -0.4 is 10.6 Å². The molecule has 0 fully saturated rings. The van der Waals surface area contributed by atoms with Crippen molar-refractivity contribution in [3.05, 3.63) is 28.7 Å². The quantitative estimate of drug-likeness (QED) is 0.848. The largest absolute Gasteiger partial charge is 0.480 e. The van der Waals surface area contributed by atoms with Crippen molar-refractivity contribution < 1.29 is 9.90 Å². The van der Waals surface area contributed by atoms with E-state index in [0.29, 0.717) is 13.1 Å². The van der Waals surface area contributed by atoms with Gasteiger partial charge in [-0.2, -0.15) is 0 Å². The molecular formula is C10H13BrN2O2. The number of nitrogens with zero attached hydrogens (tertiary/aromatic N) is 1. The SMILES string of the molecule is NCCN(CC(=O)O)c1cccc(Br)c1. The number of hydrogen-bond donors (Lipinski definition) is 2. The van der Waals surface area contributed by atoms with Crippen molar-refractivity contribution in [2.45, 2.75) is 0 Å². The van der Waals surface area contributed by atoms with E-state index in [1.54, 1.807) is 4.90 Å². The Morgan fingerprint density at radius 2 is 2.27 bits per heavy atom. The highest BCUT2D eigenvalue weighted by molar-refractivity contribution is 9.10. The Bertz CT molecular complexity index is 344. The Morgan fingerprint density at radius 3 is 2.80 bits per heavy atom. The third-order valence-corrected chi connectivity index (χ3v) is 2.39. The summed E-state index contributed by atoms with van der Waals surface area (Å²) in [6.07, 6.45) is 0. The van der Waals surface area contributed by atoms with E-state index in [4.69, 9.17) is 10.8 Å². The lowest BCUT2D eigenvalue weighted by molar-refractivity contribution is -0.135. The number of carbonyl (C=O) groups is 1. The number of carboxylic acids is 1. The van der Waals surface area contributed by atoms with Crippen molar-refractivity contribution in [2.75, 3.05) is 24.5 Å². The van der Waals surface area contributed by atoms with Crippen LogP contribution in [0.4, 0.5) is 5.69 Å². The highest BCUT2D eigenvalue weighted by Crippen LogP contribution is 2.19. The second-order valence-electron chi connectivity index (χ2n) is 3.08. The van der Waals surface area contributed by atoms with Crippen molar-refractivity contribution >= 4 is 27.6 Å². The third-order valence-electron chi connectivity index (χ3n) is 1.90. The van der Waals surface area contributed by atoms with Gasteiger partial charge in [-0.1, -0.05) is 22.0 Å². The molecule has 4 nitrogen and oxygen atoms in total. The Labute approximate surface area is 96.8 Å². The Kier molecular flexibility index (Phi) is 4.58. The number of benzene rings is 1. The van der Waals surface area contributed by atoms with Gasteiger partial charge in [0.1, 0.15) is 6.54 Å². The van der Waals surface area contributed by atoms with E-state index in [9.17, 15) is 4.79 Å². The van der Waals surface area contributed by atoms with Gasteiger partial charge < -0.3 is 15.7 Å². The fraction of sp³-hybridized carbons (Fsp3) is 0.300. The summed E-state index contributed by atoms with van der Waals surface area (Å²) in [4.78, 5) is 12.4. The van der Waals surface area contributed by atoms with Crippen molar-refractivity contribution in [1.29, 1.82) is 0 Å². The molecule has 0 bridgehead atoms. The molecule has 1 rings (SSSR count). The molecule has 0 unspecified atom stereocenters. The van der Waals surface area contributed by atoms with E-state index in [2.05, 4.69) is 15.9 Å². The lowest BCUT2D eigenvalue weighted by Crippen LogP contribution is -2.34. The monoisotopic (exact) mass is 272 g/mol. The maximum atomic E-state index is 10.6. The molecule has 82 valence electrons. The van der Waals surface area contributed by atoms with E-state index in [1.165, 1.54) is 0 Å². The molecule has 0 amide bonds. The second kappa shape index (κ2) is 5.72. The number of rotatable bonds is 5. The number of carboxylic acid groups (broad SMARTS) is 1. The van der Waals surface area contributed by atoms with Crippen LogP contribution in [0.2, 0.25) is 0 Å². The van der Waals surface area contributed by atoms with Gasteiger partial charge in [0, 0.05) is 23.2 Å². The maximum Gasteiger partial charge on any atom is 0.323 e. The minimum Gasteiger partial charge on any atom is -0.480 e. The Morgan fingerprint density at radius 1 is 1.53 bits per heavy atom. The fourth-order valence-electron chi connectivity index (χ4n) is 1.29. The van der Waals surface area contributed by atoms with Crippen LogP contribution in [-0.4, -0.2) is 30.7 Å². The van der Waals surface area contributed by atoms with E-state index in [1.807, 2.05) is 24.3 Å². The molecule has 0 aliphatic carbocycles. The molecular weight excluding hydrogens is 260 g/mol. The van der Waals surface area contributed by atoms with E-state index in [-0.39, 0.29) is 6.54 Å². The lowest BCUT2D eigenvalue weighted by atomic mass is 10.3. The molecule has 0 aliphatic heterocycles. The van der Waals surface area contributed by atoms with Crippen LogP contribution in [0.3, 0.4) is 0 Å². The Balaban J connectivity index is 2.83. The summed E-state index contributed by atoms with van der Waals surface area (Å²) in [6.45, 7) is 0.927. The van der Waals surface area contributed by atoms with E-state index >= 15 is 0 Å². The third kappa shape index (κ3) is 3.89. The second-order valence-corrected chi connectivity index (χ2v) is 4.00. The first-order valence-electron chi connectivity index (χ1n) is 4.56. The van der Waals surface area contributed by atoms with Gasteiger partial charge in [-0.15, -0.1) is 0 Å². The molecule has 15 heavy (non-hydrogen) atoms. The maximum absolute atomic E-state index is 10.6. The molecule has 0 atom stereocenters. The summed E-state index contributed by atoms with van der Waals surface area (Å²) < 4.78 is 0.924. The molecule has 0 spiro atoms. The minimum atomic E-state index is -0.858. The first kappa shape index (κ1) is 12.0. The average molecular weight is 273 g/mol. The molecule has 5 heteroatoms. The first-order chi connectivity index (χ1) is 7.13. The van der Waals surface area contributed by atoms with Gasteiger partial charge in [-0.3, -0.25) is 4.79 Å². The van der Waals surface area contributed by atoms with E-state index < -0.39 is 5.97 Å². The molecule has 0 aliphatic rings. The summed E-state index contributed by atoms with van der Waals surface area (Å²) in [6, 6.07) is 7.50. The number of nitrogens with two attached hydrogens (primary N) is 1. The first-order valence-corrected chi connectivity index (χ1v) is 5.35. The molecule has 1 aromatic rings. The molecule has 0 radical (unpaired) electrons. The fourth-order valence-corrected chi connectivity index (χ4v) is 1.68. The van der Waals surface area contributed by atoms with Crippen LogP contribution in [0.5, 0.6) is 0 Å². The molecule has 0 saturated heterocycles. The summed E-state index contributed by atoms with van der Waals surface area (Å²) >= 11 is 3.34. The minimum absolute atomic E-state index is 0.0341. The van der Waals surface area contributed by atoms with Crippen molar-refractivity contribution in [2.24, 2.45) is 5.73 Å². The number of halogens is 1. The average Bonchev–Trinajstić information content (AvgIpc) is 2.16. The van der Waals surface area contributed by atoms with Crippen molar-refractivity contribution in [3.63, 3.8) is 0 Å². The van der Waals surface area contributed by atoms with Crippen LogP contribution in [0.25, 0.3) is 0 Å². The van der Waals surface area contributed by atoms with Gasteiger partial charge in [0.05, 0.1) is 0 Å². The smallest absolute Gasteiger partial charge is 0.323 e. The predicted molar refractivity (Wildman–Crippen MR) is 63.0 cm³/mol. The molecule has 0 heterocycles. The van der Waals surface area contributed by atoms with Crippen LogP contribution in [0.15, 0.2) is 28.7 Å². The van der Waals surface area contributed by atoms with Crippen LogP contribution in [-0.2, 0) is 4.79 Å². The molecule has 0 aromatic heterocycles. The normalized spacial score (nSPS) is 10.0. The van der Waals surface area contributed by atoms with Crippen molar-refractivity contribution in [3.8, 4) is 0 Å². The van der Waals surface area contributed by atoms with Gasteiger partial charge in [0.15, 0.2) is 0 Å². The summed E-state index contributed by atoms with van der Waals surface area (Å²) in [7, 11) is 0. The topological polar surface area (TPSA) is 66.6 Å². The van der Waals surface area contributed by atoms with Crippen LogP contribution in [0, 0.1) is 0 Å². The van der Waals surface area contributed by atoms with Gasteiger partial charge in [0.2, 0.25) is 0 Å². The summed E-state index contributed by atoms with van der Waals surface area (Å²) in [5.74, 6) is -0.858. The number of hydrogen-bond acceptors (Lipinski definition) is 3. The van der Waals surface area contributed by atoms with Crippen LogP contribution in [0.1, 0.15) is 0 Å². The standard InChI is InChI=1S/C10H13BrN2O2/c11-8-2-1-3-9(6-8)13(5-4-12)7-10(14)15/h1-3,6H,4-5,7,12H2,(H,14,15). The predicted octanol–water partition coefficient (Wildman–Crippen LogP) is 1.30. The van der Waals surface area contributed by atoms with Crippen molar-refractivity contribution in [1.82, 2.24) is 0 Å². The van der Waals surface area contributed by atoms with Gasteiger partial charge in [-0.25, -0.2) is 0 Å². The van der Waals surface area contributed by atoms with Crippen LogP contribution >= 0.6 is 15.9 Å². The number of anilines is 1. The highest BCUT2D eigenvalue weighted by atomic mass is 79.9. The molecule has 0 saturated carbocycles. The zero-order chi connectivity index (χ0) is 11.3. The van der Waals surface area contributed by atoms with Gasteiger partial charge >= 0.3 is 5.97 Å².